The van der Waals surface area contributed by atoms with Crippen LogP contribution in [0.5, 0.6) is 0 Å². The largest absolute Gasteiger partial charge is 0.307 e. The summed E-state index contributed by atoms with van der Waals surface area (Å²) in [5.74, 6) is 1.49. The smallest absolute Gasteiger partial charge is 0.270 e. The molecule has 0 aliphatic carbocycles. The minimum Gasteiger partial charge on any atom is -0.307 e. The van der Waals surface area contributed by atoms with Gasteiger partial charge in [-0.3, -0.25) is 10.1 Å². The third-order valence-electron chi connectivity index (χ3n) is 2.72. The molecule has 0 spiro atoms. The van der Waals surface area contributed by atoms with Gasteiger partial charge in [0.2, 0.25) is 0 Å². The molecule has 0 radical (unpaired) electrons. The van der Waals surface area contributed by atoms with Gasteiger partial charge >= 0.3 is 0 Å². The summed E-state index contributed by atoms with van der Waals surface area (Å²) in [7, 11) is 0. The predicted molar refractivity (Wildman–Crippen MR) is 72.1 cm³/mol. The van der Waals surface area contributed by atoms with E-state index in [1.54, 1.807) is 12.1 Å². The number of benzene rings is 1. The first-order valence-corrected chi connectivity index (χ1v) is 6.32. The van der Waals surface area contributed by atoms with Crippen molar-refractivity contribution in [3.8, 4) is 11.4 Å². The molecule has 7 heteroatoms. The fourth-order valence-corrected chi connectivity index (χ4v) is 2.10. The zero-order chi connectivity index (χ0) is 14.0. The van der Waals surface area contributed by atoms with Crippen LogP contribution in [0.4, 0.5) is 5.69 Å². The molecule has 1 heterocycles. The average Bonchev–Trinajstić information content (AvgIpc) is 2.82. The summed E-state index contributed by atoms with van der Waals surface area (Å²) in [4.78, 5) is 10.4. The van der Waals surface area contributed by atoms with Gasteiger partial charge in [0.25, 0.3) is 5.69 Å². The molecule has 0 aliphatic rings. The van der Waals surface area contributed by atoms with Gasteiger partial charge in [-0.1, -0.05) is 12.1 Å². The highest BCUT2D eigenvalue weighted by molar-refractivity contribution is 6.16. The van der Waals surface area contributed by atoms with Crippen LogP contribution in [-0.4, -0.2) is 19.7 Å². The van der Waals surface area contributed by atoms with E-state index in [1.807, 2.05) is 18.4 Å². The first kappa shape index (κ1) is 13.5. The number of rotatable bonds is 4. The summed E-state index contributed by atoms with van der Waals surface area (Å²) >= 11 is 5.83. The van der Waals surface area contributed by atoms with Gasteiger partial charge in [0, 0.05) is 23.7 Å². The van der Waals surface area contributed by atoms with E-state index in [0.29, 0.717) is 17.2 Å². The highest BCUT2D eigenvalue weighted by atomic mass is 35.5. The lowest BCUT2D eigenvalue weighted by Crippen LogP contribution is -2.07. The molecule has 2 aromatic rings. The van der Waals surface area contributed by atoms with E-state index >= 15 is 0 Å². The quantitative estimate of drug-likeness (QED) is 0.490. The maximum atomic E-state index is 10.8. The van der Waals surface area contributed by atoms with Crippen molar-refractivity contribution in [1.82, 2.24) is 14.8 Å². The van der Waals surface area contributed by atoms with E-state index in [1.165, 1.54) is 12.1 Å². The molecule has 0 amide bonds. The number of alkyl halides is 1. The molecule has 0 fully saturated rings. The summed E-state index contributed by atoms with van der Waals surface area (Å²) in [5, 5.41) is 18.9. The lowest BCUT2D eigenvalue weighted by atomic mass is 10.2. The molecule has 0 unspecified atom stereocenters. The summed E-state index contributed by atoms with van der Waals surface area (Å²) in [6.07, 6.45) is 0. The Hall–Kier alpha value is -1.95. The zero-order valence-corrected chi connectivity index (χ0v) is 11.3. The summed E-state index contributed by atoms with van der Waals surface area (Å²) in [6, 6.07) is 6.46. The van der Waals surface area contributed by atoms with Crippen LogP contribution in [0.2, 0.25) is 0 Å². The Bertz CT molecular complexity index is 610. The Morgan fingerprint density at radius 2 is 2.16 bits per heavy atom. The van der Waals surface area contributed by atoms with Crippen molar-refractivity contribution >= 4 is 17.3 Å². The fourth-order valence-electron chi connectivity index (χ4n) is 1.91. The molecule has 0 aliphatic heterocycles. The van der Waals surface area contributed by atoms with Crippen LogP contribution in [0.3, 0.4) is 0 Å². The number of hydrogen-bond acceptors (Lipinski definition) is 4. The predicted octanol–water partition coefficient (Wildman–Crippen LogP) is 3.17. The van der Waals surface area contributed by atoms with Crippen LogP contribution in [0.15, 0.2) is 24.3 Å². The molecule has 0 saturated carbocycles. The first-order chi connectivity index (χ1) is 9.04. The molecule has 0 N–H and O–H groups in total. The van der Waals surface area contributed by atoms with Crippen molar-refractivity contribution in [2.75, 3.05) is 0 Å². The SMILES string of the molecule is CC(C)n1c(CCl)nnc1-c1cccc([N+](=O)[O-])c1. The number of nitro groups is 1. The Balaban J connectivity index is 2.55. The van der Waals surface area contributed by atoms with Gasteiger partial charge in [-0.25, -0.2) is 0 Å². The van der Waals surface area contributed by atoms with E-state index in [4.69, 9.17) is 11.6 Å². The van der Waals surface area contributed by atoms with Gasteiger partial charge in [0.1, 0.15) is 5.82 Å². The van der Waals surface area contributed by atoms with Crippen molar-refractivity contribution in [3.63, 3.8) is 0 Å². The topological polar surface area (TPSA) is 73.8 Å². The first-order valence-electron chi connectivity index (χ1n) is 5.79. The lowest BCUT2D eigenvalue weighted by molar-refractivity contribution is -0.384. The number of aromatic nitrogens is 3. The van der Waals surface area contributed by atoms with Gasteiger partial charge in [0.05, 0.1) is 10.8 Å². The highest BCUT2D eigenvalue weighted by Gasteiger charge is 2.17. The minimum atomic E-state index is -0.429. The Morgan fingerprint density at radius 1 is 1.42 bits per heavy atom. The Kier molecular flexibility index (Phi) is 3.80. The van der Waals surface area contributed by atoms with Crippen molar-refractivity contribution in [2.24, 2.45) is 0 Å². The number of nitrogens with zero attached hydrogens (tertiary/aromatic N) is 4. The molecule has 1 aromatic heterocycles. The lowest BCUT2D eigenvalue weighted by Gasteiger charge is -2.12. The van der Waals surface area contributed by atoms with Crippen LogP contribution in [0.1, 0.15) is 25.7 Å². The van der Waals surface area contributed by atoms with Gasteiger partial charge in [0.15, 0.2) is 5.82 Å². The molecular weight excluding hydrogens is 268 g/mol. The van der Waals surface area contributed by atoms with E-state index in [-0.39, 0.29) is 17.6 Å². The Labute approximate surface area is 115 Å². The van der Waals surface area contributed by atoms with Crippen LogP contribution < -0.4 is 0 Å². The normalized spacial score (nSPS) is 10.9. The summed E-state index contributed by atoms with van der Waals surface area (Å²) < 4.78 is 1.88. The number of halogens is 1. The minimum absolute atomic E-state index is 0.0308. The van der Waals surface area contributed by atoms with Crippen molar-refractivity contribution in [1.29, 1.82) is 0 Å². The second-order valence-electron chi connectivity index (χ2n) is 4.34. The number of nitro benzene ring substituents is 1. The maximum absolute atomic E-state index is 10.8. The molecule has 19 heavy (non-hydrogen) atoms. The van der Waals surface area contributed by atoms with Crippen molar-refractivity contribution in [2.45, 2.75) is 25.8 Å². The van der Waals surface area contributed by atoms with Crippen molar-refractivity contribution in [3.05, 3.63) is 40.2 Å². The average molecular weight is 281 g/mol. The second kappa shape index (κ2) is 5.36. The molecule has 6 nitrogen and oxygen atoms in total. The van der Waals surface area contributed by atoms with E-state index in [2.05, 4.69) is 10.2 Å². The van der Waals surface area contributed by atoms with Crippen LogP contribution in [-0.2, 0) is 5.88 Å². The third-order valence-corrected chi connectivity index (χ3v) is 2.96. The molecule has 1 aromatic carbocycles. The molecule has 0 atom stereocenters. The fraction of sp³-hybridized carbons (Fsp3) is 0.333. The zero-order valence-electron chi connectivity index (χ0n) is 10.6. The van der Waals surface area contributed by atoms with E-state index in [9.17, 15) is 10.1 Å². The summed E-state index contributed by atoms with van der Waals surface area (Å²) in [5.41, 5.74) is 0.690. The Morgan fingerprint density at radius 3 is 2.74 bits per heavy atom. The van der Waals surface area contributed by atoms with Crippen molar-refractivity contribution < 1.29 is 4.92 Å². The van der Waals surface area contributed by atoms with E-state index in [0.717, 1.165) is 0 Å². The standard InChI is InChI=1S/C12H13ClN4O2/c1-8(2)16-11(7-13)14-15-12(16)9-4-3-5-10(6-9)17(18)19/h3-6,8H,7H2,1-2H3. The van der Waals surface area contributed by atoms with Gasteiger partial charge in [-0.2, -0.15) is 0 Å². The van der Waals surface area contributed by atoms with Gasteiger partial charge < -0.3 is 4.57 Å². The molecule has 2 rings (SSSR count). The van der Waals surface area contributed by atoms with Crippen LogP contribution in [0, 0.1) is 10.1 Å². The molecule has 100 valence electrons. The summed E-state index contributed by atoms with van der Waals surface area (Å²) in [6.45, 7) is 3.97. The second-order valence-corrected chi connectivity index (χ2v) is 4.61. The van der Waals surface area contributed by atoms with Crippen LogP contribution >= 0.6 is 11.6 Å². The molecule has 0 saturated heterocycles. The van der Waals surface area contributed by atoms with Crippen LogP contribution in [0.25, 0.3) is 11.4 Å². The van der Waals surface area contributed by atoms with Gasteiger partial charge in [-0.15, -0.1) is 21.8 Å². The molecular formula is C12H13ClN4O2. The maximum Gasteiger partial charge on any atom is 0.270 e. The highest BCUT2D eigenvalue weighted by Crippen LogP contribution is 2.26. The van der Waals surface area contributed by atoms with Gasteiger partial charge in [-0.05, 0) is 13.8 Å². The van der Waals surface area contributed by atoms with E-state index < -0.39 is 4.92 Å². The third kappa shape index (κ3) is 2.58. The molecule has 0 bridgehead atoms. The number of non-ortho nitro benzene ring substituents is 1. The number of hydrogen-bond donors (Lipinski definition) is 0. The monoisotopic (exact) mass is 280 g/mol.